The second kappa shape index (κ2) is 4.60. The van der Waals surface area contributed by atoms with E-state index in [1.165, 1.54) is 0 Å². The minimum absolute atomic E-state index is 0.0339. The third-order valence-corrected chi connectivity index (χ3v) is 2.83. The number of nitrogen functional groups attached to an aromatic ring is 1. The van der Waals surface area contributed by atoms with Crippen LogP contribution in [-0.4, -0.2) is 5.78 Å². The number of rotatable bonds is 3. The van der Waals surface area contributed by atoms with Gasteiger partial charge in [-0.3, -0.25) is 4.79 Å². The highest BCUT2D eigenvalue weighted by Gasteiger charge is 2.15. The zero-order valence-corrected chi connectivity index (χ0v) is 9.97. The van der Waals surface area contributed by atoms with Crippen LogP contribution in [-0.2, 0) is 0 Å². The van der Waals surface area contributed by atoms with Crippen molar-refractivity contribution in [3.8, 4) is 0 Å². The summed E-state index contributed by atoms with van der Waals surface area (Å²) in [5.41, 5.74) is 6.91. The van der Waals surface area contributed by atoms with E-state index in [2.05, 4.69) is 15.9 Å². The minimum atomic E-state index is 0.0339. The summed E-state index contributed by atoms with van der Waals surface area (Å²) in [4.78, 5) is 11.8. The monoisotopic (exact) mass is 255 g/mol. The fraction of sp³-hybridized carbons (Fsp3) is 0.364. The van der Waals surface area contributed by atoms with Crippen molar-refractivity contribution in [1.29, 1.82) is 0 Å². The molecule has 1 aromatic rings. The average Bonchev–Trinajstić information content (AvgIpc) is 2.19. The van der Waals surface area contributed by atoms with E-state index >= 15 is 0 Å². The van der Waals surface area contributed by atoms with Gasteiger partial charge >= 0.3 is 0 Å². The standard InChI is InChI=1S/C11H14BrNO/c1-3-7(2)11(14)9-6-8(12)4-5-10(9)13/h4-7H,3,13H2,1-2H3. The summed E-state index contributed by atoms with van der Waals surface area (Å²) in [6, 6.07) is 5.37. The Balaban J connectivity index is 3.06. The first-order valence-corrected chi connectivity index (χ1v) is 5.44. The maximum absolute atomic E-state index is 11.8. The fourth-order valence-corrected chi connectivity index (χ4v) is 1.55. The molecule has 0 saturated heterocycles. The molecule has 0 amide bonds. The molecule has 0 aliphatic rings. The first-order valence-electron chi connectivity index (χ1n) is 4.65. The molecule has 1 aromatic carbocycles. The van der Waals surface area contributed by atoms with Gasteiger partial charge in [-0.15, -0.1) is 0 Å². The molecule has 1 rings (SSSR count). The van der Waals surface area contributed by atoms with Crippen molar-refractivity contribution >= 4 is 27.4 Å². The maximum Gasteiger partial charge on any atom is 0.167 e. The molecule has 76 valence electrons. The first-order chi connectivity index (χ1) is 6.56. The van der Waals surface area contributed by atoms with Crippen molar-refractivity contribution in [3.63, 3.8) is 0 Å². The lowest BCUT2D eigenvalue weighted by Crippen LogP contribution is -2.12. The van der Waals surface area contributed by atoms with Crippen LogP contribution in [0.25, 0.3) is 0 Å². The number of ketones is 1. The zero-order chi connectivity index (χ0) is 10.7. The highest BCUT2D eigenvalue weighted by molar-refractivity contribution is 9.10. The summed E-state index contributed by atoms with van der Waals surface area (Å²) < 4.78 is 0.887. The molecular weight excluding hydrogens is 242 g/mol. The third kappa shape index (κ3) is 2.35. The largest absolute Gasteiger partial charge is 0.398 e. The molecule has 2 N–H and O–H groups in total. The lowest BCUT2D eigenvalue weighted by molar-refractivity contribution is 0.0928. The topological polar surface area (TPSA) is 43.1 Å². The molecule has 0 spiro atoms. The summed E-state index contributed by atoms with van der Waals surface area (Å²) in [5.74, 6) is 0.151. The van der Waals surface area contributed by atoms with Crippen molar-refractivity contribution < 1.29 is 4.79 Å². The smallest absolute Gasteiger partial charge is 0.167 e. The van der Waals surface area contributed by atoms with E-state index in [4.69, 9.17) is 5.73 Å². The van der Waals surface area contributed by atoms with Crippen LogP contribution in [0, 0.1) is 5.92 Å². The van der Waals surface area contributed by atoms with Gasteiger partial charge in [-0.05, 0) is 24.6 Å². The van der Waals surface area contributed by atoms with Crippen molar-refractivity contribution in [2.45, 2.75) is 20.3 Å². The Labute approximate surface area is 92.6 Å². The van der Waals surface area contributed by atoms with Gasteiger partial charge in [0.05, 0.1) is 0 Å². The van der Waals surface area contributed by atoms with Crippen LogP contribution in [0.15, 0.2) is 22.7 Å². The van der Waals surface area contributed by atoms with Crippen LogP contribution in [0.5, 0.6) is 0 Å². The normalized spacial score (nSPS) is 12.5. The number of carbonyl (C=O) groups excluding carboxylic acids is 1. The lowest BCUT2D eigenvalue weighted by Gasteiger charge is -2.09. The highest BCUT2D eigenvalue weighted by atomic mass is 79.9. The summed E-state index contributed by atoms with van der Waals surface area (Å²) in [6.45, 7) is 3.92. The zero-order valence-electron chi connectivity index (χ0n) is 8.38. The van der Waals surface area contributed by atoms with Crippen molar-refractivity contribution in [2.24, 2.45) is 5.92 Å². The van der Waals surface area contributed by atoms with E-state index in [0.29, 0.717) is 11.3 Å². The van der Waals surface area contributed by atoms with Crippen LogP contribution >= 0.6 is 15.9 Å². The van der Waals surface area contributed by atoms with Crippen LogP contribution in [0.1, 0.15) is 30.6 Å². The van der Waals surface area contributed by atoms with Crippen molar-refractivity contribution in [3.05, 3.63) is 28.2 Å². The number of Topliss-reactive ketones (excluding diaryl/α,β-unsaturated/α-hetero) is 1. The quantitative estimate of drug-likeness (QED) is 0.666. The van der Waals surface area contributed by atoms with Crippen LogP contribution in [0.4, 0.5) is 5.69 Å². The number of hydrogen-bond donors (Lipinski definition) is 1. The van der Waals surface area contributed by atoms with Crippen LogP contribution in [0.2, 0.25) is 0 Å². The molecule has 0 saturated carbocycles. The number of nitrogens with two attached hydrogens (primary N) is 1. The second-order valence-electron chi connectivity index (χ2n) is 3.41. The number of benzene rings is 1. The number of anilines is 1. The lowest BCUT2D eigenvalue weighted by atomic mass is 9.96. The van der Waals surface area contributed by atoms with Crippen molar-refractivity contribution in [2.75, 3.05) is 5.73 Å². The molecule has 0 bridgehead atoms. The molecule has 1 unspecified atom stereocenters. The molecule has 1 atom stereocenters. The van der Waals surface area contributed by atoms with Gasteiger partial charge in [0.1, 0.15) is 0 Å². The van der Waals surface area contributed by atoms with Crippen LogP contribution in [0.3, 0.4) is 0 Å². The third-order valence-electron chi connectivity index (χ3n) is 2.34. The SMILES string of the molecule is CCC(C)C(=O)c1cc(Br)ccc1N. The number of hydrogen-bond acceptors (Lipinski definition) is 2. The van der Waals surface area contributed by atoms with Gasteiger partial charge in [-0.1, -0.05) is 29.8 Å². The summed E-state index contributed by atoms with van der Waals surface area (Å²) >= 11 is 3.33. The Kier molecular flexibility index (Phi) is 3.69. The first kappa shape index (κ1) is 11.2. The molecule has 0 aliphatic carbocycles. The van der Waals surface area contributed by atoms with Crippen molar-refractivity contribution in [1.82, 2.24) is 0 Å². The van der Waals surface area contributed by atoms with E-state index in [0.717, 1.165) is 10.9 Å². The molecule has 0 fully saturated rings. The van der Waals surface area contributed by atoms with Gasteiger partial charge in [0, 0.05) is 21.6 Å². The minimum Gasteiger partial charge on any atom is -0.398 e. The van der Waals surface area contributed by atoms with E-state index < -0.39 is 0 Å². The van der Waals surface area contributed by atoms with E-state index in [1.807, 2.05) is 19.9 Å². The molecule has 0 radical (unpaired) electrons. The Bertz CT molecular complexity index is 349. The number of carbonyl (C=O) groups is 1. The molecular formula is C11H14BrNO. The fourth-order valence-electron chi connectivity index (χ4n) is 1.19. The van der Waals surface area contributed by atoms with E-state index in [-0.39, 0.29) is 11.7 Å². The van der Waals surface area contributed by atoms with E-state index in [9.17, 15) is 4.79 Å². The summed E-state index contributed by atoms with van der Waals surface area (Å²) in [5, 5.41) is 0. The Hall–Kier alpha value is -0.830. The van der Waals surface area contributed by atoms with Gasteiger partial charge in [-0.2, -0.15) is 0 Å². The van der Waals surface area contributed by atoms with Gasteiger partial charge in [-0.25, -0.2) is 0 Å². The van der Waals surface area contributed by atoms with E-state index in [1.54, 1.807) is 12.1 Å². The molecule has 14 heavy (non-hydrogen) atoms. The maximum atomic E-state index is 11.8. The average molecular weight is 256 g/mol. The van der Waals surface area contributed by atoms with Gasteiger partial charge in [0.2, 0.25) is 0 Å². The Morgan fingerprint density at radius 2 is 2.21 bits per heavy atom. The molecule has 0 aliphatic heterocycles. The molecule has 0 aromatic heterocycles. The number of halogens is 1. The molecule has 2 nitrogen and oxygen atoms in total. The predicted molar refractivity (Wildman–Crippen MR) is 62.3 cm³/mol. The van der Waals surface area contributed by atoms with Gasteiger partial charge < -0.3 is 5.73 Å². The Morgan fingerprint density at radius 1 is 1.57 bits per heavy atom. The summed E-state index contributed by atoms with van der Waals surface area (Å²) in [7, 11) is 0. The second-order valence-corrected chi connectivity index (χ2v) is 4.32. The molecule has 0 heterocycles. The summed E-state index contributed by atoms with van der Waals surface area (Å²) in [6.07, 6.45) is 0.838. The molecule has 3 heteroatoms. The van der Waals surface area contributed by atoms with Gasteiger partial charge in [0.15, 0.2) is 5.78 Å². The van der Waals surface area contributed by atoms with Crippen LogP contribution < -0.4 is 5.73 Å². The Morgan fingerprint density at radius 3 is 2.79 bits per heavy atom. The predicted octanol–water partition coefficient (Wildman–Crippen LogP) is 3.26. The highest BCUT2D eigenvalue weighted by Crippen LogP contribution is 2.22. The van der Waals surface area contributed by atoms with Gasteiger partial charge in [0.25, 0.3) is 0 Å².